The summed E-state index contributed by atoms with van der Waals surface area (Å²) < 4.78 is 0. The minimum absolute atomic E-state index is 0.0650. The number of nitrogens with zero attached hydrogens (tertiary/aromatic N) is 1. The van der Waals surface area contributed by atoms with Gasteiger partial charge in [-0.2, -0.15) is 0 Å². The third-order valence-electron chi connectivity index (χ3n) is 9.28. The van der Waals surface area contributed by atoms with Crippen molar-refractivity contribution in [2.45, 2.75) is 6.04 Å². The van der Waals surface area contributed by atoms with Crippen molar-refractivity contribution in [2.24, 2.45) is 0 Å². The molecule has 0 radical (unpaired) electrons. The molecule has 0 spiro atoms. The van der Waals surface area contributed by atoms with E-state index < -0.39 is 0 Å². The summed E-state index contributed by atoms with van der Waals surface area (Å²) in [4.78, 5) is 2.38. The van der Waals surface area contributed by atoms with Gasteiger partial charge in [0.2, 0.25) is 0 Å². The summed E-state index contributed by atoms with van der Waals surface area (Å²) in [6.45, 7) is 0. The van der Waals surface area contributed by atoms with Crippen LogP contribution < -0.4 is 4.90 Å². The maximum absolute atomic E-state index is 3.54. The number of fused-ring (bicyclic) bond motifs is 4. The Labute approximate surface area is 269 Å². The van der Waals surface area contributed by atoms with Crippen molar-refractivity contribution in [2.75, 3.05) is 4.90 Å². The zero-order valence-corrected chi connectivity index (χ0v) is 25.2. The van der Waals surface area contributed by atoms with Gasteiger partial charge in [-0.25, -0.2) is 0 Å². The largest absolute Gasteiger partial charge is 0.322 e. The van der Waals surface area contributed by atoms with Crippen LogP contribution in [-0.2, 0) is 0 Å². The van der Waals surface area contributed by atoms with Crippen molar-refractivity contribution in [1.29, 1.82) is 0 Å². The second-order valence-corrected chi connectivity index (χ2v) is 11.9. The molecule has 1 atom stereocenters. The Morgan fingerprint density at radius 3 is 1.67 bits per heavy atom. The molecule has 8 aromatic carbocycles. The van der Waals surface area contributed by atoms with Gasteiger partial charge in [-0.15, -0.1) is 0 Å². The molecule has 0 aliphatic carbocycles. The van der Waals surface area contributed by atoms with Gasteiger partial charge in [0.15, 0.2) is 0 Å². The number of para-hydroxylation sites is 1. The van der Waals surface area contributed by atoms with Gasteiger partial charge < -0.3 is 4.90 Å². The number of benzene rings is 8. The fourth-order valence-electron chi connectivity index (χ4n) is 7.18. The molecule has 1 unspecified atom stereocenters. The van der Waals surface area contributed by atoms with E-state index in [1.807, 2.05) is 0 Å². The highest BCUT2D eigenvalue weighted by Crippen LogP contribution is 2.45. The summed E-state index contributed by atoms with van der Waals surface area (Å²) in [5.74, 6) is 6.97. The molecule has 8 aromatic rings. The minimum atomic E-state index is -0.0650. The molecule has 0 saturated carbocycles. The van der Waals surface area contributed by atoms with Crippen LogP contribution in [0.25, 0.3) is 54.6 Å². The van der Waals surface area contributed by atoms with Crippen LogP contribution in [0.4, 0.5) is 11.4 Å². The standard InChI is InChI=1S/C45H29N/c1-2-13-32(14-3-1)43-29-26-33-15-6-11-21-42(33)46(43)37-27-24-34(25-28-37)44-38-17-7-9-19-40(38)45(41-20-10-8-18-39(41)44)36-23-22-31-12-4-5-16-35(31)30-36/h1-25,27-28,30,43H. The van der Waals surface area contributed by atoms with Gasteiger partial charge in [0.1, 0.15) is 6.04 Å². The van der Waals surface area contributed by atoms with E-state index in [1.54, 1.807) is 0 Å². The van der Waals surface area contributed by atoms with E-state index >= 15 is 0 Å². The first-order valence-corrected chi connectivity index (χ1v) is 15.8. The van der Waals surface area contributed by atoms with Gasteiger partial charge >= 0.3 is 0 Å². The third kappa shape index (κ3) is 4.27. The van der Waals surface area contributed by atoms with Crippen molar-refractivity contribution in [3.8, 4) is 34.1 Å². The SMILES string of the molecule is C1#CC(c2ccccc2)N(c2ccc(-c3c4ccccc4c(-c4ccc5ccccc5c4)c4ccccc34)cc2)c2ccccc21. The molecule has 1 heterocycles. The van der Waals surface area contributed by atoms with Crippen LogP contribution in [-0.4, -0.2) is 0 Å². The lowest BCUT2D eigenvalue weighted by atomic mass is 9.85. The second-order valence-electron chi connectivity index (χ2n) is 11.9. The van der Waals surface area contributed by atoms with E-state index in [0.29, 0.717) is 0 Å². The molecule has 214 valence electrons. The molecule has 1 aliphatic heterocycles. The summed E-state index contributed by atoms with van der Waals surface area (Å²) in [5.41, 5.74) is 9.50. The zero-order chi connectivity index (χ0) is 30.5. The van der Waals surface area contributed by atoms with Gasteiger partial charge in [-0.05, 0) is 90.5 Å². The fourth-order valence-corrected chi connectivity index (χ4v) is 7.18. The Morgan fingerprint density at radius 2 is 0.978 bits per heavy atom. The Morgan fingerprint density at radius 1 is 0.435 bits per heavy atom. The molecule has 46 heavy (non-hydrogen) atoms. The molecule has 0 amide bonds. The van der Waals surface area contributed by atoms with Crippen LogP contribution in [0, 0.1) is 11.8 Å². The first-order valence-electron chi connectivity index (χ1n) is 15.8. The Bertz CT molecular complexity index is 2420. The summed E-state index contributed by atoms with van der Waals surface area (Å²) >= 11 is 0. The average molecular weight is 584 g/mol. The first-order chi connectivity index (χ1) is 22.8. The zero-order valence-electron chi connectivity index (χ0n) is 25.2. The molecule has 9 rings (SSSR count). The van der Waals surface area contributed by atoms with Crippen molar-refractivity contribution in [3.63, 3.8) is 0 Å². The average Bonchev–Trinajstić information content (AvgIpc) is 3.13. The van der Waals surface area contributed by atoms with E-state index in [0.717, 1.165) is 16.9 Å². The highest BCUT2D eigenvalue weighted by Gasteiger charge is 2.26. The Balaban J connectivity index is 1.22. The predicted molar refractivity (Wildman–Crippen MR) is 194 cm³/mol. The van der Waals surface area contributed by atoms with E-state index in [2.05, 4.69) is 187 Å². The predicted octanol–water partition coefficient (Wildman–Crippen LogP) is 11.7. The highest BCUT2D eigenvalue weighted by molar-refractivity contribution is 6.21. The van der Waals surface area contributed by atoms with Crippen molar-refractivity contribution >= 4 is 43.7 Å². The van der Waals surface area contributed by atoms with Crippen molar-refractivity contribution in [1.82, 2.24) is 0 Å². The van der Waals surface area contributed by atoms with E-state index in [9.17, 15) is 0 Å². The molecule has 0 saturated heterocycles. The summed E-state index contributed by atoms with van der Waals surface area (Å²) in [7, 11) is 0. The molecule has 0 aromatic heterocycles. The lowest BCUT2D eigenvalue weighted by molar-refractivity contribution is 0.869. The van der Waals surface area contributed by atoms with E-state index in [-0.39, 0.29) is 6.04 Å². The molecule has 1 nitrogen and oxygen atoms in total. The van der Waals surface area contributed by atoms with Gasteiger partial charge in [0, 0.05) is 11.3 Å². The molecule has 0 fully saturated rings. The van der Waals surface area contributed by atoms with Crippen LogP contribution in [0.5, 0.6) is 0 Å². The van der Waals surface area contributed by atoms with Crippen molar-refractivity contribution < 1.29 is 0 Å². The molecule has 0 N–H and O–H groups in total. The van der Waals surface area contributed by atoms with Gasteiger partial charge in [0.05, 0.1) is 5.69 Å². The summed E-state index contributed by atoms with van der Waals surface area (Å²) in [6.07, 6.45) is 0. The summed E-state index contributed by atoms with van der Waals surface area (Å²) in [5, 5.41) is 7.56. The number of rotatable bonds is 4. The summed E-state index contributed by atoms with van der Waals surface area (Å²) in [6, 6.07) is 61.3. The van der Waals surface area contributed by atoms with E-state index in [4.69, 9.17) is 0 Å². The van der Waals surface area contributed by atoms with Crippen LogP contribution >= 0.6 is 0 Å². The molecular formula is C45H29N. The maximum Gasteiger partial charge on any atom is 0.121 e. The maximum atomic E-state index is 3.54. The van der Waals surface area contributed by atoms with Gasteiger partial charge in [-0.3, -0.25) is 0 Å². The highest BCUT2D eigenvalue weighted by atomic mass is 15.2. The topological polar surface area (TPSA) is 3.24 Å². The van der Waals surface area contributed by atoms with Crippen LogP contribution in [0.1, 0.15) is 17.2 Å². The van der Waals surface area contributed by atoms with Crippen LogP contribution in [0.3, 0.4) is 0 Å². The second kappa shape index (κ2) is 10.8. The first kappa shape index (κ1) is 26.3. The van der Waals surface area contributed by atoms with Gasteiger partial charge in [-0.1, -0.05) is 151 Å². The smallest absolute Gasteiger partial charge is 0.121 e. The Hall–Kier alpha value is -6.10. The third-order valence-corrected chi connectivity index (χ3v) is 9.28. The quantitative estimate of drug-likeness (QED) is 0.147. The number of hydrogen-bond donors (Lipinski definition) is 0. The van der Waals surface area contributed by atoms with Crippen LogP contribution in [0.2, 0.25) is 0 Å². The van der Waals surface area contributed by atoms with Crippen LogP contribution in [0.15, 0.2) is 170 Å². The lowest BCUT2D eigenvalue weighted by Gasteiger charge is -2.34. The number of hydrogen-bond acceptors (Lipinski definition) is 1. The molecule has 1 aliphatic rings. The Kier molecular flexibility index (Phi) is 6.18. The van der Waals surface area contributed by atoms with Crippen molar-refractivity contribution in [3.05, 3.63) is 181 Å². The molecule has 1 heteroatoms. The molecular weight excluding hydrogens is 555 g/mol. The molecule has 0 bridgehead atoms. The fraction of sp³-hybridized carbons (Fsp3) is 0.0222. The lowest BCUT2D eigenvalue weighted by Crippen LogP contribution is -2.25. The number of anilines is 2. The van der Waals surface area contributed by atoms with Gasteiger partial charge in [0.25, 0.3) is 0 Å². The monoisotopic (exact) mass is 583 g/mol. The normalized spacial score (nSPS) is 13.8. The van der Waals surface area contributed by atoms with E-state index in [1.165, 1.54) is 60.1 Å². The minimum Gasteiger partial charge on any atom is -0.322 e.